The van der Waals surface area contributed by atoms with Crippen LogP contribution < -0.4 is 52.1 Å². The van der Waals surface area contributed by atoms with Crippen molar-refractivity contribution in [3.05, 3.63) is 44.5 Å². The van der Waals surface area contributed by atoms with E-state index < -0.39 is 97.0 Å². The molecule has 2 aromatic carbocycles. The first kappa shape index (κ1) is 66.2. The van der Waals surface area contributed by atoms with E-state index in [1.807, 2.05) is 41.5 Å². The van der Waals surface area contributed by atoms with Crippen LogP contribution in [0.15, 0.2) is 19.8 Å². The monoisotopic (exact) mass is 1250 g/mol. The van der Waals surface area contributed by atoms with E-state index in [2.05, 4.69) is 35.4 Å². The van der Waals surface area contributed by atoms with Gasteiger partial charge < -0.3 is 57.3 Å². The molecule has 0 aromatic heterocycles. The van der Waals surface area contributed by atoms with Gasteiger partial charge in [-0.1, -0.05) is 0 Å². The van der Waals surface area contributed by atoms with Gasteiger partial charge >= 0.3 is 0 Å². The van der Waals surface area contributed by atoms with Gasteiger partial charge in [-0.15, -0.1) is 0 Å². The zero-order valence-corrected chi connectivity index (χ0v) is 53.8. The lowest BCUT2D eigenvalue weighted by Crippen LogP contribution is -2.58. The number of nitrogens with zero attached hydrogens (tertiary/aromatic N) is 5. The molecule has 0 spiro atoms. The summed E-state index contributed by atoms with van der Waals surface area (Å²) < 4.78 is 72.9. The average Bonchev–Trinajstić information content (AvgIpc) is 1.58. The summed E-state index contributed by atoms with van der Waals surface area (Å²) >= 11 is 0. The molecule has 6 atom stereocenters. The lowest BCUT2D eigenvalue weighted by molar-refractivity contribution is -0.148. The lowest BCUT2D eigenvalue weighted by atomic mass is 9.88. The van der Waals surface area contributed by atoms with Crippen LogP contribution in [-0.2, 0) is 61.7 Å². The first-order valence-corrected chi connectivity index (χ1v) is 33.6. The Morgan fingerprint density at radius 1 is 0.575 bits per heavy atom. The van der Waals surface area contributed by atoms with E-state index in [9.17, 15) is 45.6 Å². The summed E-state index contributed by atoms with van der Waals surface area (Å²) in [5, 5.41) is 8.84. The van der Waals surface area contributed by atoms with Crippen molar-refractivity contribution in [3.8, 4) is 11.5 Å². The Bertz CT molecular complexity index is 3340. The van der Waals surface area contributed by atoms with Crippen molar-refractivity contribution in [2.24, 2.45) is 27.2 Å². The number of amides is 6. The maximum Gasteiger partial charge on any atom is 0.264 e. The van der Waals surface area contributed by atoms with Gasteiger partial charge in [0.05, 0.1) is 15.8 Å². The Kier molecular flexibility index (Phi) is 20.2. The van der Waals surface area contributed by atoms with Gasteiger partial charge in [0.25, 0.3) is 20.0 Å². The molecule has 11 N–H and O–H groups in total. The Morgan fingerprint density at radius 3 is 1.45 bits per heavy atom. The minimum atomic E-state index is -4.22. The van der Waals surface area contributed by atoms with Gasteiger partial charge in [-0.2, -0.15) is 0 Å². The van der Waals surface area contributed by atoms with Crippen LogP contribution in [0.2, 0.25) is 0 Å². The van der Waals surface area contributed by atoms with E-state index >= 15 is 0 Å². The van der Waals surface area contributed by atoms with Crippen LogP contribution in [0.1, 0.15) is 162 Å². The Labute approximate surface area is 512 Å². The Morgan fingerprint density at radius 2 is 1.00 bits per heavy atom. The van der Waals surface area contributed by atoms with Gasteiger partial charge in [-0.05, 0) is 223 Å². The van der Waals surface area contributed by atoms with E-state index in [4.69, 9.17) is 26.7 Å². The highest BCUT2D eigenvalue weighted by Gasteiger charge is 2.46. The molecule has 6 aliphatic heterocycles. The van der Waals surface area contributed by atoms with Crippen molar-refractivity contribution in [2.75, 3.05) is 39.3 Å². The molecule has 8 rings (SSSR count). The summed E-state index contributed by atoms with van der Waals surface area (Å²) in [6, 6.07) is -5.61. The molecule has 4 saturated heterocycles. The maximum atomic E-state index is 14.9. The van der Waals surface area contributed by atoms with Crippen LogP contribution >= 0.6 is 0 Å². The molecule has 87 heavy (non-hydrogen) atoms. The number of carbonyl (C=O) groups excluding carboxylic acids is 6. The molecular formula is C60H91N13O12S2. The molecule has 0 radical (unpaired) electrons. The predicted octanol–water partition coefficient (Wildman–Crippen LogP) is 2.37. The molecule has 0 aliphatic carbocycles. The zero-order valence-electron chi connectivity index (χ0n) is 52.2. The van der Waals surface area contributed by atoms with Crippen LogP contribution in [-0.4, -0.2) is 166 Å². The zero-order chi connectivity index (χ0) is 63.7. The van der Waals surface area contributed by atoms with Gasteiger partial charge in [0.1, 0.15) is 52.9 Å². The number of nitrogens with one attached hydrogen (secondary N) is 5. The predicted molar refractivity (Wildman–Crippen MR) is 328 cm³/mol. The topological polar surface area (TPSA) is 362 Å². The second-order valence-corrected chi connectivity index (χ2v) is 28.8. The number of primary amides is 1. The molecule has 2 aromatic rings. The SMILES string of the molecule is Cc1c(C)c(S(=O)(=O)NC(N)=NCCC[C@H](NC(=O)[C@@H]2CCCN2C(=O)[C@@H]2CCCN2C(=O)[C@H](CCCN=C(N)NS(=O)(=O)c2c(C)c(C)c3c(c2C)CCC(C)(C)O3)NC(=O)[C@@H]2CCCN2C(=O)[C@@H]2CCCN2)C(N)=O)c(C)c2c1OC(C)(C)CC2. The second kappa shape index (κ2) is 26.5. The number of hydrogen-bond acceptors (Lipinski definition) is 15. The first-order valence-electron chi connectivity index (χ1n) is 30.7. The number of likely N-dealkylation sites (tertiary alicyclic amines) is 3. The van der Waals surface area contributed by atoms with E-state index in [0.29, 0.717) is 110 Å². The summed E-state index contributed by atoms with van der Waals surface area (Å²) in [4.78, 5) is 97.4. The second-order valence-electron chi connectivity index (χ2n) is 25.5. The van der Waals surface area contributed by atoms with Crippen molar-refractivity contribution < 1.29 is 55.1 Å². The standard InChI is InChI=1S/C60H91N13O12S2/c1-33-35(3)49(37(5)39-23-25-59(7,8)84-47(33)39)86(80,81)69-57(62)65-28-11-17-41(51(61)74)67-52(75)45-21-15-31-72(45)56(79)46-22-16-32-73(46)55(78)43(68-53(76)44-20-14-30-71(44)54(77)42-18-12-27-64-42)19-13-29-66-58(63)70-87(82,83)50-36(4)34(2)48-40(38(50)6)24-26-60(9,10)85-48/h41-46,64H,11-32H2,1-10H3,(H2,61,74)(H,67,75)(H,68,76)(H3,62,65,69)(H3,63,66,70)/t41-,42-,43-,44-,45-,46-/m0/s1. The number of aliphatic imine (C=N–C) groups is 2. The van der Waals surface area contributed by atoms with Crippen molar-refractivity contribution in [1.29, 1.82) is 0 Å². The summed E-state index contributed by atoms with van der Waals surface area (Å²) in [7, 11) is -8.39. The largest absolute Gasteiger partial charge is 0.487 e. The molecule has 0 saturated carbocycles. The highest BCUT2D eigenvalue weighted by atomic mass is 32.2. The van der Waals surface area contributed by atoms with Crippen LogP contribution in [0.5, 0.6) is 11.5 Å². The number of guanidine groups is 2. The van der Waals surface area contributed by atoms with Gasteiger partial charge in [0, 0.05) is 32.7 Å². The molecule has 27 heteroatoms. The summed E-state index contributed by atoms with van der Waals surface area (Å²) in [5.41, 5.74) is 22.6. The number of sulfonamides is 2. The van der Waals surface area contributed by atoms with Gasteiger partial charge in [0.2, 0.25) is 47.4 Å². The van der Waals surface area contributed by atoms with E-state index in [0.717, 1.165) is 23.1 Å². The van der Waals surface area contributed by atoms with Gasteiger partial charge in [0.15, 0.2) is 0 Å². The quantitative estimate of drug-likeness (QED) is 0.0536. The van der Waals surface area contributed by atoms with Crippen LogP contribution in [0.4, 0.5) is 0 Å². The summed E-state index contributed by atoms with van der Waals surface area (Å²) in [6.45, 7) is 20.0. The van der Waals surface area contributed by atoms with Crippen molar-refractivity contribution in [1.82, 2.24) is 40.1 Å². The molecule has 4 fully saturated rings. The van der Waals surface area contributed by atoms with E-state index in [1.54, 1.807) is 32.6 Å². The van der Waals surface area contributed by atoms with Crippen LogP contribution in [0.25, 0.3) is 0 Å². The van der Waals surface area contributed by atoms with Crippen LogP contribution in [0, 0.1) is 41.5 Å². The minimum absolute atomic E-state index is 0.00891. The third-order valence-corrected chi connectivity index (χ3v) is 21.6. The number of carbonyl (C=O) groups is 6. The Hall–Kier alpha value is -6.74. The first-order chi connectivity index (χ1) is 40.8. The van der Waals surface area contributed by atoms with Crippen molar-refractivity contribution >= 4 is 67.4 Å². The van der Waals surface area contributed by atoms with Crippen LogP contribution in [0.3, 0.4) is 0 Å². The van der Waals surface area contributed by atoms with Gasteiger partial charge in [-0.25, -0.2) is 26.3 Å². The summed E-state index contributed by atoms with van der Waals surface area (Å²) in [5.74, 6) is -2.51. The van der Waals surface area contributed by atoms with Crippen molar-refractivity contribution in [3.63, 3.8) is 0 Å². The highest BCUT2D eigenvalue weighted by molar-refractivity contribution is 7.90. The fourth-order valence-electron chi connectivity index (χ4n) is 13.4. The third kappa shape index (κ3) is 14.6. The fourth-order valence-corrected chi connectivity index (χ4v) is 16.4. The normalized spacial score (nSPS) is 22.6. The fraction of sp³-hybridized carbons (Fsp3) is 0.667. The number of ether oxygens (including phenoxy) is 2. The molecule has 6 heterocycles. The third-order valence-electron chi connectivity index (χ3n) is 18.3. The number of hydrogen-bond donors (Lipinski definition) is 8. The number of benzene rings is 2. The number of rotatable bonds is 20. The molecule has 25 nitrogen and oxygen atoms in total. The minimum Gasteiger partial charge on any atom is -0.487 e. The smallest absolute Gasteiger partial charge is 0.264 e. The maximum absolute atomic E-state index is 14.9. The average molecular weight is 1250 g/mol. The van der Waals surface area contributed by atoms with E-state index in [1.165, 1.54) is 9.80 Å². The lowest BCUT2D eigenvalue weighted by Gasteiger charge is -2.35. The summed E-state index contributed by atoms with van der Waals surface area (Å²) in [6.07, 6.45) is 6.92. The molecule has 0 unspecified atom stereocenters. The molecule has 480 valence electrons. The highest BCUT2D eigenvalue weighted by Crippen LogP contribution is 2.44. The number of fused-ring (bicyclic) bond motifs is 2. The molecule has 6 aliphatic rings. The number of nitrogens with two attached hydrogens (primary N) is 3. The Balaban J connectivity index is 0.908. The van der Waals surface area contributed by atoms with Crippen molar-refractivity contribution in [2.45, 2.75) is 229 Å². The van der Waals surface area contributed by atoms with Gasteiger partial charge in [-0.3, -0.25) is 38.8 Å². The molecular weight excluding hydrogens is 1160 g/mol. The molecule has 0 bridgehead atoms. The van der Waals surface area contributed by atoms with E-state index in [-0.39, 0.29) is 92.3 Å². The molecule has 6 amide bonds.